The van der Waals surface area contributed by atoms with Crippen molar-refractivity contribution < 1.29 is 14.3 Å². The highest BCUT2D eigenvalue weighted by atomic mass is 16.6. The Morgan fingerprint density at radius 2 is 1.75 bits per heavy atom. The first-order chi connectivity index (χ1) is 11.5. The predicted molar refractivity (Wildman–Crippen MR) is 95.0 cm³/mol. The molecule has 0 aliphatic carbocycles. The molecule has 24 heavy (non-hydrogen) atoms. The zero-order chi connectivity index (χ0) is 17.4. The first-order valence-electron chi connectivity index (χ1n) is 8.14. The number of carbonyl (C=O) groups is 1. The van der Waals surface area contributed by atoms with Crippen molar-refractivity contribution in [2.75, 3.05) is 20.2 Å². The van der Waals surface area contributed by atoms with Crippen LogP contribution in [0.5, 0.6) is 5.75 Å². The third-order valence-corrected chi connectivity index (χ3v) is 3.57. The van der Waals surface area contributed by atoms with Gasteiger partial charge in [-0.05, 0) is 38.6 Å². The molecule has 0 spiro atoms. The minimum absolute atomic E-state index is 0.0736. The Morgan fingerprint density at radius 1 is 1.08 bits per heavy atom. The summed E-state index contributed by atoms with van der Waals surface area (Å²) in [5.41, 5.74) is 2.39. The second kappa shape index (κ2) is 9.08. The van der Waals surface area contributed by atoms with Gasteiger partial charge in [-0.25, -0.2) is 4.79 Å². The number of nitrogens with zero attached hydrogens (tertiary/aromatic N) is 1. The minimum Gasteiger partial charge on any atom is -0.482 e. The molecule has 0 saturated carbocycles. The predicted octanol–water partition coefficient (Wildman–Crippen LogP) is 3.44. The summed E-state index contributed by atoms with van der Waals surface area (Å²) < 4.78 is 10.8. The molecule has 0 aliphatic rings. The summed E-state index contributed by atoms with van der Waals surface area (Å²) in [6, 6.07) is 17.8. The van der Waals surface area contributed by atoms with Crippen molar-refractivity contribution in [1.29, 1.82) is 0 Å². The molecule has 1 atom stereocenters. The maximum Gasteiger partial charge on any atom is 0.344 e. The smallest absolute Gasteiger partial charge is 0.344 e. The van der Waals surface area contributed by atoms with E-state index in [9.17, 15) is 4.79 Å². The molecule has 0 amide bonds. The lowest BCUT2D eigenvalue weighted by atomic mass is 10.2. The van der Waals surface area contributed by atoms with Crippen LogP contribution in [0.3, 0.4) is 0 Å². The molecule has 0 N–H and O–H groups in total. The summed E-state index contributed by atoms with van der Waals surface area (Å²) >= 11 is 0. The van der Waals surface area contributed by atoms with Crippen LogP contribution in [0.15, 0.2) is 54.6 Å². The quantitative estimate of drug-likeness (QED) is 0.696. The van der Waals surface area contributed by atoms with Crippen LogP contribution in [0.25, 0.3) is 0 Å². The van der Waals surface area contributed by atoms with E-state index >= 15 is 0 Å². The summed E-state index contributed by atoms with van der Waals surface area (Å²) in [6.45, 7) is 5.32. The fourth-order valence-corrected chi connectivity index (χ4v) is 2.47. The largest absolute Gasteiger partial charge is 0.482 e. The van der Waals surface area contributed by atoms with Crippen molar-refractivity contribution in [2.24, 2.45) is 0 Å². The molecular weight excluding hydrogens is 302 g/mol. The summed E-state index contributed by atoms with van der Waals surface area (Å²) in [5.74, 6) is 0.322. The monoisotopic (exact) mass is 327 g/mol. The number of likely N-dealkylation sites (N-methyl/N-ethyl adjacent to an activating group) is 1. The van der Waals surface area contributed by atoms with Crippen molar-refractivity contribution in [3.63, 3.8) is 0 Å². The number of rotatable bonds is 8. The zero-order valence-corrected chi connectivity index (χ0v) is 14.6. The van der Waals surface area contributed by atoms with Crippen LogP contribution >= 0.6 is 0 Å². The SMILES string of the molecule is Cc1ccc(OCC(=O)O[C@H](C)CN(C)Cc2ccccc2)cc1. The van der Waals surface area contributed by atoms with Gasteiger partial charge in [0.05, 0.1) is 0 Å². The third-order valence-electron chi connectivity index (χ3n) is 3.57. The number of hydrogen-bond donors (Lipinski definition) is 0. The van der Waals surface area contributed by atoms with Gasteiger partial charge in [0.2, 0.25) is 0 Å². The van der Waals surface area contributed by atoms with Crippen molar-refractivity contribution in [3.8, 4) is 5.75 Å². The third kappa shape index (κ3) is 6.42. The summed E-state index contributed by atoms with van der Waals surface area (Å²) in [6.07, 6.45) is -0.187. The van der Waals surface area contributed by atoms with Crippen molar-refractivity contribution in [2.45, 2.75) is 26.5 Å². The van der Waals surface area contributed by atoms with Gasteiger partial charge in [-0.2, -0.15) is 0 Å². The molecule has 0 fully saturated rings. The van der Waals surface area contributed by atoms with E-state index in [2.05, 4.69) is 17.0 Å². The molecule has 0 aliphatic heterocycles. The van der Waals surface area contributed by atoms with Crippen LogP contribution < -0.4 is 4.74 Å². The molecule has 0 unspecified atom stereocenters. The van der Waals surface area contributed by atoms with E-state index in [1.54, 1.807) is 0 Å². The normalized spacial score (nSPS) is 12.0. The Kier molecular flexibility index (Phi) is 6.82. The van der Waals surface area contributed by atoms with Gasteiger partial charge >= 0.3 is 5.97 Å². The molecule has 2 aromatic rings. The molecule has 0 aromatic heterocycles. The highest BCUT2D eigenvalue weighted by Crippen LogP contribution is 2.11. The van der Waals surface area contributed by atoms with Gasteiger partial charge in [0, 0.05) is 13.1 Å². The van der Waals surface area contributed by atoms with Crippen LogP contribution in [0, 0.1) is 6.92 Å². The van der Waals surface area contributed by atoms with Gasteiger partial charge in [-0.3, -0.25) is 4.90 Å². The van der Waals surface area contributed by atoms with Gasteiger partial charge in [0.15, 0.2) is 6.61 Å². The summed E-state index contributed by atoms with van der Waals surface area (Å²) in [7, 11) is 2.01. The van der Waals surface area contributed by atoms with Crippen LogP contribution in [0.2, 0.25) is 0 Å². The number of ether oxygens (including phenoxy) is 2. The second-order valence-electron chi connectivity index (χ2n) is 6.08. The maximum absolute atomic E-state index is 11.9. The van der Waals surface area contributed by atoms with Crippen LogP contribution in [-0.2, 0) is 16.1 Å². The average Bonchev–Trinajstić information content (AvgIpc) is 2.55. The first-order valence-corrected chi connectivity index (χ1v) is 8.14. The molecule has 0 heterocycles. The Hall–Kier alpha value is -2.33. The van der Waals surface area contributed by atoms with Crippen LogP contribution in [-0.4, -0.2) is 37.2 Å². The van der Waals surface area contributed by atoms with E-state index in [-0.39, 0.29) is 18.7 Å². The molecule has 128 valence electrons. The van der Waals surface area contributed by atoms with Crippen molar-refractivity contribution in [3.05, 3.63) is 65.7 Å². The van der Waals surface area contributed by atoms with E-state index in [4.69, 9.17) is 9.47 Å². The Morgan fingerprint density at radius 3 is 2.42 bits per heavy atom. The summed E-state index contributed by atoms with van der Waals surface area (Å²) in [4.78, 5) is 14.0. The molecule has 4 heteroatoms. The molecule has 2 rings (SSSR count). The lowest BCUT2D eigenvalue weighted by Gasteiger charge is -2.21. The first kappa shape index (κ1) is 18.0. The number of esters is 1. The van der Waals surface area contributed by atoms with Crippen molar-refractivity contribution >= 4 is 5.97 Å². The zero-order valence-electron chi connectivity index (χ0n) is 14.6. The van der Waals surface area contributed by atoms with Crippen LogP contribution in [0.4, 0.5) is 0 Å². The topological polar surface area (TPSA) is 38.8 Å². The second-order valence-corrected chi connectivity index (χ2v) is 6.08. The number of benzene rings is 2. The maximum atomic E-state index is 11.9. The number of hydrogen-bond acceptors (Lipinski definition) is 4. The van der Waals surface area contributed by atoms with E-state index in [1.807, 2.05) is 63.4 Å². The van der Waals surface area contributed by atoms with E-state index in [0.717, 1.165) is 12.1 Å². The number of aryl methyl sites for hydroxylation is 1. The molecular formula is C20H25NO3. The Balaban J connectivity index is 1.70. The van der Waals surface area contributed by atoms with Gasteiger partial charge in [-0.15, -0.1) is 0 Å². The minimum atomic E-state index is -0.351. The molecule has 0 radical (unpaired) electrons. The van der Waals surface area contributed by atoms with Gasteiger partial charge in [0.1, 0.15) is 11.9 Å². The van der Waals surface area contributed by atoms with Crippen molar-refractivity contribution in [1.82, 2.24) is 4.90 Å². The Labute approximate surface area is 144 Å². The molecule has 2 aromatic carbocycles. The standard InChI is InChI=1S/C20H25NO3/c1-16-9-11-19(12-10-16)23-15-20(22)24-17(2)13-21(3)14-18-7-5-4-6-8-18/h4-12,17H,13-15H2,1-3H3/t17-/m1/s1. The van der Waals surface area contributed by atoms with Crippen LogP contribution in [0.1, 0.15) is 18.1 Å². The molecule has 0 saturated heterocycles. The van der Waals surface area contributed by atoms with Gasteiger partial charge < -0.3 is 9.47 Å². The van der Waals surface area contributed by atoms with Gasteiger partial charge in [-0.1, -0.05) is 48.0 Å². The highest BCUT2D eigenvalue weighted by molar-refractivity contribution is 5.71. The Bertz CT molecular complexity index is 625. The molecule has 0 bridgehead atoms. The lowest BCUT2D eigenvalue weighted by Crippen LogP contribution is -2.31. The fraction of sp³-hybridized carbons (Fsp3) is 0.350. The van der Waals surface area contributed by atoms with E-state index < -0.39 is 0 Å². The van der Waals surface area contributed by atoms with E-state index in [1.165, 1.54) is 5.56 Å². The van der Waals surface area contributed by atoms with Gasteiger partial charge in [0.25, 0.3) is 0 Å². The molecule has 4 nitrogen and oxygen atoms in total. The fourth-order valence-electron chi connectivity index (χ4n) is 2.47. The van der Waals surface area contributed by atoms with E-state index in [0.29, 0.717) is 12.3 Å². The highest BCUT2D eigenvalue weighted by Gasteiger charge is 2.13. The summed E-state index contributed by atoms with van der Waals surface area (Å²) in [5, 5.41) is 0. The number of carbonyl (C=O) groups excluding carboxylic acids is 1. The lowest BCUT2D eigenvalue weighted by molar-refractivity contribution is -0.151. The average molecular weight is 327 g/mol.